The Hall–Kier alpha value is 0.0169. The largest absolute Gasteiger partial charge is 0.673 e. The molecule has 4 N–H and O–H groups in total. The molecule has 0 aromatic heterocycles. The van der Waals surface area contributed by atoms with Gasteiger partial charge in [0.15, 0.2) is 0 Å². The molecule has 0 heterocycles. The van der Waals surface area contributed by atoms with Crippen molar-refractivity contribution >= 4 is 9.05 Å². The maximum atomic E-state index is 7.89. The Labute approximate surface area is 40.9 Å². The molecule has 0 saturated heterocycles. The van der Waals surface area contributed by atoms with E-state index in [1.165, 1.54) is 0 Å². The topological polar surface area (TPSA) is 90.2 Å². The quantitative estimate of drug-likeness (QED) is 0.240. The van der Waals surface area contributed by atoms with Gasteiger partial charge in [-0.1, -0.05) is 0 Å². The number of aliphatic hydroxyl groups excluding tert-OH is 1. The van der Waals surface area contributed by atoms with Crippen LogP contribution in [0.3, 0.4) is 0 Å². The number of aliphatic hydroxyl groups is 1. The Morgan fingerprint density at radius 3 is 1.71 bits per heavy atom. The van der Waals surface area contributed by atoms with Crippen LogP contribution in [0.25, 0.3) is 0 Å². The molecule has 0 aromatic carbocycles. The van der Waals surface area contributed by atoms with Crippen LogP contribution in [-0.2, 0) is 4.43 Å². The molecule has 0 amide bonds. The van der Waals surface area contributed by atoms with Crippen LogP contribution in [0.5, 0.6) is 0 Å². The molecule has 0 saturated carbocycles. The van der Waals surface area contributed by atoms with E-state index in [0.29, 0.717) is 0 Å². The first-order chi connectivity index (χ1) is 3.06. The second kappa shape index (κ2) is 2.36. The summed E-state index contributed by atoms with van der Waals surface area (Å²) >= 11 is 0. The molecule has 0 atom stereocenters. The van der Waals surface area contributed by atoms with Crippen molar-refractivity contribution in [1.82, 2.24) is 0 Å². The Morgan fingerprint density at radius 1 is 1.29 bits per heavy atom. The van der Waals surface area contributed by atoms with Crippen LogP contribution in [0.4, 0.5) is 0 Å². The maximum absolute atomic E-state index is 7.89. The zero-order valence-corrected chi connectivity index (χ0v) is 4.40. The second-order valence-corrected chi connectivity index (χ2v) is 2.28. The van der Waals surface area contributed by atoms with E-state index in [-0.39, 0.29) is 0 Å². The highest BCUT2D eigenvalue weighted by Gasteiger charge is 2.29. The predicted octanol–water partition coefficient (Wildman–Crippen LogP) is -2.63. The smallest absolute Gasteiger partial charge is 0.371 e. The van der Waals surface area contributed by atoms with Crippen molar-refractivity contribution in [2.45, 2.75) is 0 Å². The summed E-state index contributed by atoms with van der Waals surface area (Å²) < 4.78 is 3.59. The molecular weight excluding hydrogens is 120 g/mol. The molecule has 6 heteroatoms. The van der Waals surface area contributed by atoms with Gasteiger partial charge in [0.2, 0.25) is 0 Å². The monoisotopic (exact) mass is 126 g/mol. The Kier molecular flexibility index (Phi) is 2.36. The lowest BCUT2D eigenvalue weighted by molar-refractivity contribution is -0.00976. The van der Waals surface area contributed by atoms with Crippen LogP contribution in [0.1, 0.15) is 0 Å². The lowest BCUT2D eigenvalue weighted by Crippen LogP contribution is -2.39. The highest BCUT2D eigenvalue weighted by molar-refractivity contribution is 6.48. The van der Waals surface area contributed by atoms with E-state index in [0.717, 1.165) is 0 Å². The zero-order chi connectivity index (χ0) is 5.91. The van der Waals surface area contributed by atoms with Gasteiger partial charge in [-0.15, -0.1) is 0 Å². The van der Waals surface area contributed by atoms with Crippen molar-refractivity contribution in [2.24, 2.45) is 0 Å². The van der Waals surface area contributed by atoms with Crippen molar-refractivity contribution < 1.29 is 23.9 Å². The van der Waals surface area contributed by atoms with Gasteiger partial charge in [0.05, 0.1) is 0 Å². The second-order valence-electron chi connectivity index (χ2n) is 0.847. The summed E-state index contributed by atoms with van der Waals surface area (Å²) in [5, 5.41) is 7.73. The van der Waals surface area contributed by atoms with Gasteiger partial charge in [-0.05, 0) is 0 Å². The molecular formula is CH6O5Si. The molecule has 0 spiro atoms. The van der Waals surface area contributed by atoms with Gasteiger partial charge in [-0.2, -0.15) is 0 Å². The number of hydrogen-bond donors (Lipinski definition) is 4. The van der Waals surface area contributed by atoms with E-state index in [2.05, 4.69) is 4.43 Å². The van der Waals surface area contributed by atoms with Gasteiger partial charge < -0.3 is 23.9 Å². The third-order valence-electron chi connectivity index (χ3n) is 0.258. The average Bonchev–Trinajstić information content (AvgIpc) is 1.30. The third-order valence-corrected chi connectivity index (χ3v) is 0.775. The lowest BCUT2D eigenvalue weighted by atomic mass is 11.6. The summed E-state index contributed by atoms with van der Waals surface area (Å²) in [5.74, 6) is 0. The van der Waals surface area contributed by atoms with Gasteiger partial charge in [0.25, 0.3) is 0 Å². The standard InChI is InChI=1S/CH6O5Si/c2-1-6-7(3,4)5/h2-5H,1H2. The van der Waals surface area contributed by atoms with E-state index in [1.807, 2.05) is 0 Å². The van der Waals surface area contributed by atoms with Gasteiger partial charge in [-0.3, -0.25) is 0 Å². The van der Waals surface area contributed by atoms with Gasteiger partial charge in [0, 0.05) is 0 Å². The summed E-state index contributed by atoms with van der Waals surface area (Å²) in [7, 11) is -4.41. The Bertz CT molecular complexity index is 46.5. The van der Waals surface area contributed by atoms with E-state index in [4.69, 9.17) is 19.5 Å². The van der Waals surface area contributed by atoms with Crippen LogP contribution in [-0.4, -0.2) is 35.3 Å². The molecule has 0 aliphatic heterocycles. The number of rotatable bonds is 2. The normalized spacial score (nSPS) is 12.0. The molecule has 0 rings (SSSR count). The predicted molar refractivity (Wildman–Crippen MR) is 20.6 cm³/mol. The molecule has 7 heavy (non-hydrogen) atoms. The highest BCUT2D eigenvalue weighted by atomic mass is 28.4. The summed E-state index contributed by atoms with van der Waals surface area (Å²) in [4.78, 5) is 23.7. The lowest BCUT2D eigenvalue weighted by Gasteiger charge is -2.04. The van der Waals surface area contributed by atoms with E-state index in [1.54, 1.807) is 0 Å². The van der Waals surface area contributed by atoms with Crippen LogP contribution in [0.2, 0.25) is 0 Å². The Balaban J connectivity index is 3.15. The SMILES string of the molecule is OCO[Si](O)(O)O. The minimum atomic E-state index is -4.41. The summed E-state index contributed by atoms with van der Waals surface area (Å²) in [5.41, 5.74) is 0. The summed E-state index contributed by atoms with van der Waals surface area (Å²) in [6.07, 6.45) is 0. The van der Waals surface area contributed by atoms with Crippen molar-refractivity contribution in [2.75, 3.05) is 6.79 Å². The van der Waals surface area contributed by atoms with Crippen molar-refractivity contribution in [3.05, 3.63) is 0 Å². The van der Waals surface area contributed by atoms with Gasteiger partial charge in [0.1, 0.15) is 6.79 Å². The molecule has 0 aliphatic carbocycles. The highest BCUT2D eigenvalue weighted by Crippen LogP contribution is 1.83. The fourth-order valence-corrected chi connectivity index (χ4v) is 0.260. The minimum absolute atomic E-state index is 0.879. The zero-order valence-electron chi connectivity index (χ0n) is 3.40. The van der Waals surface area contributed by atoms with Gasteiger partial charge >= 0.3 is 9.05 Å². The van der Waals surface area contributed by atoms with Crippen LogP contribution < -0.4 is 0 Å². The molecule has 0 fully saturated rings. The van der Waals surface area contributed by atoms with E-state index in [9.17, 15) is 0 Å². The number of hydrogen-bond acceptors (Lipinski definition) is 5. The molecule has 0 radical (unpaired) electrons. The molecule has 44 valence electrons. The molecule has 5 nitrogen and oxygen atoms in total. The maximum Gasteiger partial charge on any atom is 0.673 e. The van der Waals surface area contributed by atoms with Crippen molar-refractivity contribution in [3.8, 4) is 0 Å². The fraction of sp³-hybridized carbons (Fsp3) is 1.00. The molecule has 0 aromatic rings. The van der Waals surface area contributed by atoms with Crippen LogP contribution >= 0.6 is 0 Å². The minimum Gasteiger partial charge on any atom is -0.371 e. The van der Waals surface area contributed by atoms with E-state index < -0.39 is 15.8 Å². The van der Waals surface area contributed by atoms with E-state index >= 15 is 0 Å². The van der Waals surface area contributed by atoms with Crippen molar-refractivity contribution in [1.29, 1.82) is 0 Å². The molecule has 0 bridgehead atoms. The Morgan fingerprint density at radius 2 is 1.71 bits per heavy atom. The first kappa shape index (κ1) is 7.02. The molecule has 0 unspecified atom stereocenters. The first-order valence-electron chi connectivity index (χ1n) is 1.48. The van der Waals surface area contributed by atoms with Crippen LogP contribution in [0.15, 0.2) is 0 Å². The van der Waals surface area contributed by atoms with Gasteiger partial charge in [-0.25, -0.2) is 0 Å². The first-order valence-corrected chi connectivity index (χ1v) is 3.23. The van der Waals surface area contributed by atoms with Crippen molar-refractivity contribution in [3.63, 3.8) is 0 Å². The average molecular weight is 126 g/mol. The van der Waals surface area contributed by atoms with Crippen LogP contribution in [0, 0.1) is 0 Å². The summed E-state index contributed by atoms with van der Waals surface area (Å²) in [6.45, 7) is -0.879. The third kappa shape index (κ3) is 6.02. The fourth-order valence-electron chi connectivity index (χ4n) is 0.0866. The summed E-state index contributed by atoms with van der Waals surface area (Å²) in [6, 6.07) is 0. The molecule has 0 aliphatic rings.